The molecule has 1 unspecified atom stereocenters. The molecule has 174 valence electrons. The van der Waals surface area contributed by atoms with Gasteiger partial charge in [0.2, 0.25) is 5.91 Å². The van der Waals surface area contributed by atoms with Gasteiger partial charge in [0.15, 0.2) is 0 Å². The number of rotatable bonds is 10. The van der Waals surface area contributed by atoms with Crippen molar-refractivity contribution in [3.05, 3.63) is 84.4 Å². The van der Waals surface area contributed by atoms with Crippen molar-refractivity contribution in [2.75, 3.05) is 24.6 Å². The number of hydrogen-bond donors (Lipinski definition) is 1. The van der Waals surface area contributed by atoms with Gasteiger partial charge in [0, 0.05) is 0 Å². The number of benzene rings is 3. The van der Waals surface area contributed by atoms with E-state index in [4.69, 9.17) is 9.47 Å². The Morgan fingerprint density at radius 2 is 1.61 bits per heavy atom. The van der Waals surface area contributed by atoms with Gasteiger partial charge in [-0.05, 0) is 61.9 Å². The maximum absolute atomic E-state index is 13.4. The van der Waals surface area contributed by atoms with E-state index in [-0.39, 0.29) is 24.1 Å². The van der Waals surface area contributed by atoms with Gasteiger partial charge in [-0.15, -0.1) is 0 Å². The van der Waals surface area contributed by atoms with Gasteiger partial charge in [0.05, 0.1) is 23.7 Å². The zero-order valence-corrected chi connectivity index (χ0v) is 19.7. The Morgan fingerprint density at radius 1 is 0.970 bits per heavy atom. The van der Waals surface area contributed by atoms with E-state index >= 15 is 0 Å². The van der Waals surface area contributed by atoms with Crippen LogP contribution in [-0.4, -0.2) is 40.6 Å². The van der Waals surface area contributed by atoms with Crippen LogP contribution >= 0.6 is 0 Å². The first-order valence-electron chi connectivity index (χ1n) is 10.5. The third-order valence-corrected chi connectivity index (χ3v) is 6.76. The van der Waals surface area contributed by atoms with Crippen LogP contribution in [0.4, 0.5) is 5.69 Å². The average Bonchev–Trinajstić information content (AvgIpc) is 2.82. The minimum Gasteiger partial charge on any atom is -0.497 e. The highest BCUT2D eigenvalue weighted by molar-refractivity contribution is 7.92. The zero-order chi connectivity index (χ0) is 23.8. The summed E-state index contributed by atoms with van der Waals surface area (Å²) in [6.45, 7) is 3.64. The Hall–Kier alpha value is -3.52. The lowest BCUT2D eigenvalue weighted by molar-refractivity contribution is -0.120. The summed E-state index contributed by atoms with van der Waals surface area (Å²) in [5.41, 5.74) is 1.39. The van der Waals surface area contributed by atoms with E-state index in [1.165, 1.54) is 19.2 Å². The lowest BCUT2D eigenvalue weighted by Gasteiger charge is -2.25. The summed E-state index contributed by atoms with van der Waals surface area (Å²) in [6.07, 6.45) is 0. The van der Waals surface area contributed by atoms with Crippen LogP contribution in [0.5, 0.6) is 11.5 Å². The Labute approximate surface area is 195 Å². The maximum atomic E-state index is 13.4. The summed E-state index contributed by atoms with van der Waals surface area (Å²) >= 11 is 0. The lowest BCUT2D eigenvalue weighted by atomic mass is 10.2. The predicted octanol–water partition coefficient (Wildman–Crippen LogP) is 3.78. The largest absolute Gasteiger partial charge is 0.497 e. The Bertz CT molecular complexity index is 1160. The van der Waals surface area contributed by atoms with Crippen molar-refractivity contribution in [3.63, 3.8) is 0 Å². The van der Waals surface area contributed by atoms with Crippen LogP contribution in [0, 0.1) is 6.92 Å². The smallest absolute Gasteiger partial charge is 0.264 e. The Morgan fingerprint density at radius 3 is 2.24 bits per heavy atom. The first-order chi connectivity index (χ1) is 15.8. The van der Waals surface area contributed by atoms with Crippen LogP contribution in [0.3, 0.4) is 0 Å². The molecule has 1 N–H and O–H groups in total. The molecule has 0 spiro atoms. The minimum atomic E-state index is -3.99. The van der Waals surface area contributed by atoms with E-state index in [0.717, 1.165) is 15.6 Å². The van der Waals surface area contributed by atoms with Crippen LogP contribution < -0.4 is 19.1 Å². The Balaban J connectivity index is 1.73. The fourth-order valence-corrected chi connectivity index (χ4v) is 4.63. The summed E-state index contributed by atoms with van der Waals surface area (Å²) in [4.78, 5) is 12.9. The van der Waals surface area contributed by atoms with Gasteiger partial charge in [0.1, 0.15) is 24.7 Å². The first kappa shape index (κ1) is 24.1. The number of nitrogens with zero attached hydrogens (tertiary/aromatic N) is 1. The van der Waals surface area contributed by atoms with Crippen LogP contribution in [-0.2, 0) is 14.8 Å². The monoisotopic (exact) mass is 468 g/mol. The van der Waals surface area contributed by atoms with Gasteiger partial charge in [0.25, 0.3) is 10.0 Å². The molecular weight excluding hydrogens is 440 g/mol. The molecule has 3 rings (SSSR count). The number of methoxy groups -OCH3 is 1. The second kappa shape index (κ2) is 10.9. The van der Waals surface area contributed by atoms with E-state index in [1.54, 1.807) is 49.4 Å². The minimum absolute atomic E-state index is 0.0656. The molecule has 0 heterocycles. The van der Waals surface area contributed by atoms with E-state index < -0.39 is 15.9 Å². The van der Waals surface area contributed by atoms with Crippen molar-refractivity contribution in [1.82, 2.24) is 5.32 Å². The zero-order valence-electron chi connectivity index (χ0n) is 18.9. The van der Waals surface area contributed by atoms with Crippen molar-refractivity contribution >= 4 is 21.6 Å². The fraction of sp³-hybridized carbons (Fsp3) is 0.240. The number of amides is 1. The van der Waals surface area contributed by atoms with E-state index in [1.807, 2.05) is 31.2 Å². The quantitative estimate of drug-likeness (QED) is 0.490. The number of sulfonamides is 1. The van der Waals surface area contributed by atoms with Gasteiger partial charge in [-0.25, -0.2) is 8.42 Å². The summed E-state index contributed by atoms with van der Waals surface area (Å²) < 4.78 is 38.8. The van der Waals surface area contributed by atoms with Gasteiger partial charge < -0.3 is 14.8 Å². The van der Waals surface area contributed by atoms with E-state index in [9.17, 15) is 13.2 Å². The highest BCUT2D eigenvalue weighted by atomic mass is 32.2. The highest BCUT2D eigenvalue weighted by Crippen LogP contribution is 2.25. The molecule has 0 saturated carbocycles. The first-order valence-corrected chi connectivity index (χ1v) is 11.9. The second-order valence-electron chi connectivity index (χ2n) is 7.57. The van der Waals surface area contributed by atoms with Crippen molar-refractivity contribution in [1.29, 1.82) is 0 Å². The number of nitrogens with one attached hydrogen (secondary N) is 1. The number of para-hydroxylation sites is 2. The summed E-state index contributed by atoms with van der Waals surface area (Å²) in [7, 11) is -2.48. The molecule has 33 heavy (non-hydrogen) atoms. The SMILES string of the molecule is COc1ccc(S(=O)(=O)N(CC(=O)NC(C)COc2ccccc2C)c2ccccc2)cc1. The number of anilines is 1. The molecule has 0 bridgehead atoms. The van der Waals surface area contributed by atoms with E-state index in [2.05, 4.69) is 5.32 Å². The van der Waals surface area contributed by atoms with Gasteiger partial charge in [-0.3, -0.25) is 9.10 Å². The molecule has 3 aromatic rings. The molecule has 3 aromatic carbocycles. The third-order valence-electron chi connectivity index (χ3n) is 4.97. The maximum Gasteiger partial charge on any atom is 0.264 e. The topological polar surface area (TPSA) is 84.9 Å². The standard InChI is InChI=1S/C25H28N2O5S/c1-19-9-7-8-12-24(19)32-18-20(2)26-25(28)17-27(21-10-5-4-6-11-21)33(29,30)23-15-13-22(31-3)14-16-23/h4-16,20H,17-18H2,1-3H3,(H,26,28). The molecule has 7 nitrogen and oxygen atoms in total. The van der Waals surface area contributed by atoms with Crippen LogP contribution in [0.1, 0.15) is 12.5 Å². The van der Waals surface area contributed by atoms with Crippen LogP contribution in [0.15, 0.2) is 83.8 Å². The van der Waals surface area contributed by atoms with Gasteiger partial charge >= 0.3 is 0 Å². The number of carbonyl (C=O) groups excluding carboxylic acids is 1. The molecular formula is C25H28N2O5S. The molecule has 0 aliphatic carbocycles. The number of aryl methyl sites for hydroxylation is 1. The molecule has 0 aliphatic heterocycles. The van der Waals surface area contributed by atoms with Crippen LogP contribution in [0.25, 0.3) is 0 Å². The molecule has 0 radical (unpaired) electrons. The second-order valence-corrected chi connectivity index (χ2v) is 9.43. The van der Waals surface area contributed by atoms with Crippen molar-refractivity contribution < 1.29 is 22.7 Å². The number of carbonyl (C=O) groups is 1. The molecule has 0 saturated heterocycles. The molecule has 8 heteroatoms. The van der Waals surface area contributed by atoms with Gasteiger partial charge in [-0.2, -0.15) is 0 Å². The summed E-state index contributed by atoms with van der Waals surface area (Å²) in [5, 5.41) is 2.82. The summed E-state index contributed by atoms with van der Waals surface area (Å²) in [6, 6.07) is 21.9. The van der Waals surface area contributed by atoms with Crippen molar-refractivity contribution in [2.24, 2.45) is 0 Å². The van der Waals surface area contributed by atoms with Crippen molar-refractivity contribution in [2.45, 2.75) is 24.8 Å². The molecule has 0 fully saturated rings. The normalized spacial score (nSPS) is 12.0. The molecule has 0 aliphatic rings. The lowest BCUT2D eigenvalue weighted by Crippen LogP contribution is -2.45. The van der Waals surface area contributed by atoms with E-state index in [0.29, 0.717) is 11.4 Å². The highest BCUT2D eigenvalue weighted by Gasteiger charge is 2.27. The van der Waals surface area contributed by atoms with Crippen LogP contribution in [0.2, 0.25) is 0 Å². The number of hydrogen-bond acceptors (Lipinski definition) is 5. The molecule has 1 amide bonds. The van der Waals surface area contributed by atoms with Gasteiger partial charge in [-0.1, -0.05) is 36.4 Å². The molecule has 0 aromatic heterocycles. The Kier molecular flexibility index (Phi) is 7.95. The summed E-state index contributed by atoms with van der Waals surface area (Å²) in [5.74, 6) is 0.851. The van der Waals surface area contributed by atoms with Crippen molar-refractivity contribution in [3.8, 4) is 11.5 Å². The number of ether oxygens (including phenoxy) is 2. The average molecular weight is 469 g/mol. The predicted molar refractivity (Wildman–Crippen MR) is 128 cm³/mol. The fourth-order valence-electron chi connectivity index (χ4n) is 3.21. The third kappa shape index (κ3) is 6.26. The molecule has 1 atom stereocenters.